The second kappa shape index (κ2) is 42.3. The molecule has 16 heteroatoms. The molecule has 2 aliphatic rings. The van der Waals surface area contributed by atoms with Gasteiger partial charge in [0.05, 0.1) is 19.1 Å². The van der Waals surface area contributed by atoms with Crippen LogP contribution in [0.2, 0.25) is 0 Å². The van der Waals surface area contributed by atoms with Gasteiger partial charge in [-0.3, -0.25) is 38.4 Å². The van der Waals surface area contributed by atoms with Gasteiger partial charge in [-0.25, -0.2) is 0 Å². The lowest BCUT2D eigenvalue weighted by Crippen LogP contribution is -2.47. The summed E-state index contributed by atoms with van der Waals surface area (Å²) in [5, 5.41) is 11.3. The van der Waals surface area contributed by atoms with Crippen LogP contribution in [-0.2, 0) is 64.3 Å². The van der Waals surface area contributed by atoms with E-state index in [-0.39, 0.29) is 117 Å². The van der Waals surface area contributed by atoms with Crippen molar-refractivity contribution < 1.29 is 79.2 Å². The zero-order valence-electron chi connectivity index (χ0n) is 54.7. The summed E-state index contributed by atoms with van der Waals surface area (Å²) in [4.78, 5) is 105. The number of nitrogens with zero attached hydrogens (tertiary/aromatic N) is 2. The highest BCUT2D eigenvalue weighted by molar-refractivity contribution is 5.97. The second-order valence-corrected chi connectivity index (χ2v) is 22.2. The first-order valence-electron chi connectivity index (χ1n) is 31.5. The van der Waals surface area contributed by atoms with Gasteiger partial charge in [-0.15, -0.1) is 6.42 Å². The molecule has 0 spiro atoms. The number of amides is 5. The molecule has 0 bridgehead atoms. The van der Waals surface area contributed by atoms with Crippen molar-refractivity contribution in [1.29, 1.82) is 0 Å². The van der Waals surface area contributed by atoms with Crippen LogP contribution in [0.5, 0.6) is 5.75 Å². The maximum Gasteiger partial charge on any atom is 0.325 e. The van der Waals surface area contributed by atoms with E-state index in [0.717, 1.165) is 28.7 Å². The Morgan fingerprint density at radius 3 is 1.60 bits per heavy atom. The molecule has 0 unspecified atom stereocenters. The summed E-state index contributed by atoms with van der Waals surface area (Å²) in [5.41, 5.74) is 5.54. The van der Waals surface area contributed by atoms with Crippen LogP contribution < -0.4 is 26.0 Å². The van der Waals surface area contributed by atoms with E-state index in [1.54, 1.807) is 41.3 Å². The van der Waals surface area contributed by atoms with Crippen LogP contribution in [0.4, 0.5) is 5.69 Å². The van der Waals surface area contributed by atoms with Crippen molar-refractivity contribution in [3.63, 3.8) is 0 Å². The normalized spacial score (nSPS) is 13.0. The predicted molar refractivity (Wildman–Crippen MR) is 421 cm³/mol. The van der Waals surface area contributed by atoms with Gasteiger partial charge in [0.2, 0.25) is 23.6 Å². The number of benzene rings is 5. The fourth-order valence-corrected chi connectivity index (χ4v) is 10.0. The summed E-state index contributed by atoms with van der Waals surface area (Å²) in [6.07, 6.45) is 11.8. The fourth-order valence-electron chi connectivity index (χ4n) is 10.0. The molecule has 5 amide bonds. The second-order valence-electron chi connectivity index (χ2n) is 22.2. The molecule has 2 fully saturated rings. The van der Waals surface area contributed by atoms with Gasteiger partial charge in [0, 0.05) is 158 Å². The number of Topliss-reactive ketones (excluding diaryl/α,β-unsaturated/α-hetero) is 2. The van der Waals surface area contributed by atoms with Gasteiger partial charge < -0.3 is 40.5 Å². The molecule has 98 heavy (non-hydrogen) atoms. The SMILES string of the molecule is C#CC#CC#CC#CC#CC#CC#CC#CC#CC#CC#COc1cc(C)cc(COC(=O)CNC(=O)c2ccc(NCC(=O)[C@@H]3CCCN3C(=O)CNC(=O)[C@@H](C)Cc3ccccc3)cc2)c1.C[C@@H](Cc1ccccc1)C(=O)CCC(=O)N1CCC[C@H]1C(=O)NCc1ccccc1.[HH].[HH].[HH].[HH].[HH].[HH].[HH].[HH].[HH].[HH].[HH].[HH].[HH].[HH].[HH].[HH].[HH].[HH].[HH].[HH].[HH].[HH]. The Balaban J connectivity index is -0.000000118. The van der Waals surface area contributed by atoms with Gasteiger partial charge in [-0.1, -0.05) is 111 Å². The summed E-state index contributed by atoms with van der Waals surface area (Å²) >= 11 is 0. The molecule has 5 aromatic carbocycles. The van der Waals surface area contributed by atoms with E-state index < -0.39 is 24.0 Å². The Hall–Kier alpha value is -13.0. The molecule has 5 aromatic rings. The first-order valence-corrected chi connectivity index (χ1v) is 31.5. The standard InChI is InChI=1S/C57H40N4O7.C25H30N2O3.22H2/c1-4-5-6-7-8-9-10-11-12-13-14-15-16-17-18-19-20-21-22-26-36-67-51-38-45(2)37-48(40-51)44-68-55(64)43-60-57(66)49-31-33-50(34-32-49)58-41-53(62)52-30-27-35-61(52)54(63)42-59-56(65)46(3)39-47-28-24-23-25-29-47;1-19(17-20-9-4-2-5-10-20)23(28)14-15-24(29)27-16-8-13-22(27)25(30)26-18-21-11-6-3-7-12-21;;;;;;;;;;;;;;;;;;;;;;/h1,23-25,28-29,31-34,37-38,40,46,52,58H,27,30,35,39,41-44H2,2-3H3,(H,59,65)(H,60,66);2-7,9-12,19,22H,8,13-18H2,1H3,(H,26,30);22*1H/t46-,52-;19-,22-;;;;;;;;;;;;;;;;;;;;;;/m00....................../s1. The highest BCUT2D eigenvalue weighted by atomic mass is 16.5. The zero-order valence-corrected chi connectivity index (χ0v) is 54.7. The molecule has 532 valence electrons. The molecule has 2 saturated heterocycles. The molecule has 2 aliphatic heterocycles. The zero-order chi connectivity index (χ0) is 70.0. The minimum atomic E-state index is -0.653. The van der Waals surface area contributed by atoms with E-state index >= 15 is 0 Å². The lowest BCUT2D eigenvalue weighted by Gasteiger charge is -2.24. The number of terminal acetylenes is 1. The van der Waals surface area contributed by atoms with Crippen LogP contribution in [0, 0.1) is 150 Å². The van der Waals surface area contributed by atoms with Crippen LogP contribution >= 0.6 is 0 Å². The van der Waals surface area contributed by atoms with E-state index in [4.69, 9.17) is 15.9 Å². The molecular weight excluding hydrogens is 1230 g/mol. The van der Waals surface area contributed by atoms with E-state index in [1.165, 1.54) is 4.90 Å². The van der Waals surface area contributed by atoms with Gasteiger partial charge in [0.1, 0.15) is 36.8 Å². The first kappa shape index (κ1) is 74.1. The average molecular weight is 1340 g/mol. The van der Waals surface area contributed by atoms with Gasteiger partial charge in [-0.2, -0.15) is 0 Å². The molecule has 4 atom stereocenters. The number of nitrogens with one attached hydrogen (secondary N) is 4. The lowest BCUT2D eigenvalue weighted by molar-refractivity contribution is -0.143. The summed E-state index contributed by atoms with van der Waals surface area (Å²) in [7, 11) is 0. The number of ether oxygens (including phenoxy) is 2. The van der Waals surface area contributed by atoms with Crippen LogP contribution in [0.1, 0.15) is 122 Å². The largest absolute Gasteiger partial charge is 0.460 e. The smallest absolute Gasteiger partial charge is 0.325 e. The number of esters is 1. The summed E-state index contributed by atoms with van der Waals surface area (Å²) in [6, 6.07) is 39.8. The maximum atomic E-state index is 13.2. The van der Waals surface area contributed by atoms with Crippen molar-refractivity contribution >= 4 is 52.8 Å². The number of hydrogen-bond acceptors (Lipinski definition) is 11. The van der Waals surface area contributed by atoms with Crippen molar-refractivity contribution in [2.45, 2.75) is 97.4 Å². The number of likely N-dealkylation sites (tertiary alicyclic amines) is 2. The van der Waals surface area contributed by atoms with Crippen molar-refractivity contribution in [3.05, 3.63) is 167 Å². The number of aryl methyl sites for hydroxylation is 1. The molecule has 0 radical (unpaired) electrons. The van der Waals surface area contributed by atoms with Crippen molar-refractivity contribution in [3.8, 4) is 137 Å². The Morgan fingerprint density at radius 2 is 1.04 bits per heavy atom. The molecule has 0 aromatic heterocycles. The molecular formula is C82H114N6O10. The highest BCUT2D eigenvalue weighted by Crippen LogP contribution is 2.23. The van der Waals surface area contributed by atoms with E-state index in [1.807, 2.05) is 118 Å². The summed E-state index contributed by atoms with van der Waals surface area (Å²) in [6.45, 7) is 6.38. The Morgan fingerprint density at radius 1 is 0.531 bits per heavy atom. The number of hydrogen-bond donors (Lipinski definition) is 4. The third-order valence-corrected chi connectivity index (χ3v) is 14.8. The van der Waals surface area contributed by atoms with E-state index in [0.29, 0.717) is 74.3 Å². The van der Waals surface area contributed by atoms with Crippen molar-refractivity contribution in [2.75, 3.05) is 38.0 Å². The van der Waals surface area contributed by atoms with Gasteiger partial charge in [0.15, 0.2) is 5.78 Å². The van der Waals surface area contributed by atoms with E-state index in [9.17, 15) is 38.4 Å². The number of carbonyl (C=O) groups excluding carboxylic acids is 8. The van der Waals surface area contributed by atoms with Crippen molar-refractivity contribution in [2.24, 2.45) is 11.8 Å². The average Bonchev–Trinajstić information content (AvgIpc) is 1.70. The van der Waals surface area contributed by atoms with Crippen LogP contribution in [0.15, 0.2) is 133 Å². The van der Waals surface area contributed by atoms with Gasteiger partial charge in [0.25, 0.3) is 5.91 Å². The van der Waals surface area contributed by atoms with Gasteiger partial charge in [-0.05, 0) is 157 Å². The Labute approximate surface area is 607 Å². The minimum Gasteiger partial charge on any atom is -0.460 e. The fraction of sp³-hybridized carbons (Fsp3) is 0.268. The Bertz CT molecular complexity index is 4500. The van der Waals surface area contributed by atoms with Crippen molar-refractivity contribution in [1.82, 2.24) is 25.8 Å². The first-order chi connectivity index (χ1) is 47.7. The van der Waals surface area contributed by atoms with Crippen LogP contribution in [0.25, 0.3) is 0 Å². The summed E-state index contributed by atoms with van der Waals surface area (Å²) in [5.74, 6) is 47.3. The highest BCUT2D eigenvalue weighted by Gasteiger charge is 2.35. The topological polar surface area (TPSA) is 210 Å². The number of rotatable bonds is 24. The number of carbonyl (C=O) groups is 8. The third kappa shape index (κ3) is 27.7. The maximum absolute atomic E-state index is 13.2. The monoisotopic (exact) mass is 1340 g/mol. The molecule has 7 rings (SSSR count). The van der Waals surface area contributed by atoms with E-state index in [2.05, 4.69) is 146 Å². The lowest BCUT2D eigenvalue weighted by atomic mass is 9.94. The number of ketones is 2. The third-order valence-electron chi connectivity index (χ3n) is 14.8. The molecule has 0 aliphatic carbocycles. The van der Waals surface area contributed by atoms with Crippen LogP contribution in [0.3, 0.4) is 0 Å². The van der Waals surface area contributed by atoms with Crippen LogP contribution in [-0.4, -0.2) is 102 Å². The molecule has 4 N–H and O–H groups in total. The quantitative estimate of drug-likeness (QED) is 0.0337. The van der Waals surface area contributed by atoms with Gasteiger partial charge >= 0.3 is 5.97 Å². The minimum absolute atomic E-state index is 0. The molecule has 0 saturated carbocycles. The summed E-state index contributed by atoms with van der Waals surface area (Å²) < 4.78 is 10.8. The Kier molecular flexibility index (Phi) is 32.0. The molecule has 2 heterocycles. The molecule has 16 nitrogen and oxygen atoms in total. The number of anilines is 1. The predicted octanol–water partition coefficient (Wildman–Crippen LogP) is 12.4.